The smallest absolute Gasteiger partial charge is 0.255 e. The van der Waals surface area contributed by atoms with Gasteiger partial charge in [-0.25, -0.2) is 0 Å². The van der Waals surface area contributed by atoms with Crippen molar-refractivity contribution in [2.75, 3.05) is 20.2 Å². The third kappa shape index (κ3) is 3.61. The molecule has 19 heavy (non-hydrogen) atoms. The highest BCUT2D eigenvalue weighted by Gasteiger charge is 2.15. The van der Waals surface area contributed by atoms with Crippen LogP contribution in [0.2, 0.25) is 0 Å². The van der Waals surface area contributed by atoms with Crippen molar-refractivity contribution in [2.45, 2.75) is 25.3 Å². The van der Waals surface area contributed by atoms with E-state index in [9.17, 15) is 9.90 Å². The number of phenols is 1. The van der Waals surface area contributed by atoms with E-state index in [1.54, 1.807) is 12.1 Å². The van der Waals surface area contributed by atoms with Gasteiger partial charge >= 0.3 is 0 Å². The minimum atomic E-state index is -0.252. The van der Waals surface area contributed by atoms with E-state index >= 15 is 0 Å². The number of ether oxygens (including phenoxy) is 1. The molecule has 1 aliphatic rings. The summed E-state index contributed by atoms with van der Waals surface area (Å²) in [4.78, 5) is 11.9. The fraction of sp³-hybridized carbons (Fsp3) is 0.500. The van der Waals surface area contributed by atoms with Gasteiger partial charge in [-0.2, -0.15) is 0 Å². The first kappa shape index (κ1) is 13.7. The minimum Gasteiger partial charge on any atom is -0.507 e. The summed E-state index contributed by atoms with van der Waals surface area (Å²) in [5, 5.41) is 16.0. The average molecular weight is 264 g/mol. The third-order valence-electron chi connectivity index (χ3n) is 3.39. The van der Waals surface area contributed by atoms with Crippen molar-refractivity contribution in [1.29, 1.82) is 0 Å². The van der Waals surface area contributed by atoms with Crippen molar-refractivity contribution < 1.29 is 14.6 Å². The Labute approximate surface area is 113 Å². The van der Waals surface area contributed by atoms with E-state index in [1.165, 1.54) is 26.0 Å². The summed E-state index contributed by atoms with van der Waals surface area (Å²) in [5.74, 6) is 0.221. The quantitative estimate of drug-likeness (QED) is 0.749. The number of carbonyl (C=O) groups is 1. The van der Waals surface area contributed by atoms with E-state index in [1.807, 2.05) is 0 Å². The summed E-state index contributed by atoms with van der Waals surface area (Å²) >= 11 is 0. The number of benzene rings is 1. The second kappa shape index (κ2) is 6.43. The van der Waals surface area contributed by atoms with Gasteiger partial charge < -0.3 is 20.5 Å². The van der Waals surface area contributed by atoms with Gasteiger partial charge in [0.05, 0.1) is 12.7 Å². The van der Waals surface area contributed by atoms with E-state index in [2.05, 4.69) is 10.6 Å². The largest absolute Gasteiger partial charge is 0.507 e. The number of rotatable bonds is 5. The van der Waals surface area contributed by atoms with Gasteiger partial charge in [0.1, 0.15) is 11.5 Å². The molecule has 0 bridgehead atoms. The normalized spacial score (nSPS) is 18.3. The van der Waals surface area contributed by atoms with Gasteiger partial charge in [0.15, 0.2) is 0 Å². The SMILES string of the molecule is COc1ccc(C(=O)NCCC2CCCN2)c(O)c1. The lowest BCUT2D eigenvalue weighted by Crippen LogP contribution is -2.30. The maximum Gasteiger partial charge on any atom is 0.255 e. The van der Waals surface area contributed by atoms with Crippen molar-refractivity contribution in [1.82, 2.24) is 10.6 Å². The van der Waals surface area contributed by atoms with Crippen LogP contribution in [0, 0.1) is 0 Å². The van der Waals surface area contributed by atoms with Crippen LogP contribution in [-0.2, 0) is 0 Å². The monoisotopic (exact) mass is 264 g/mol. The Kier molecular flexibility index (Phi) is 4.63. The number of methoxy groups -OCH3 is 1. The molecule has 1 aromatic carbocycles. The molecule has 0 spiro atoms. The average Bonchev–Trinajstić information content (AvgIpc) is 2.91. The summed E-state index contributed by atoms with van der Waals surface area (Å²) in [5.41, 5.74) is 0.278. The number of hydrogen-bond acceptors (Lipinski definition) is 4. The number of nitrogens with one attached hydrogen (secondary N) is 2. The van der Waals surface area contributed by atoms with Crippen molar-refractivity contribution in [2.24, 2.45) is 0 Å². The van der Waals surface area contributed by atoms with E-state index in [0.29, 0.717) is 18.3 Å². The first-order valence-electron chi connectivity index (χ1n) is 6.59. The molecule has 0 radical (unpaired) electrons. The van der Waals surface area contributed by atoms with Crippen LogP contribution in [0.1, 0.15) is 29.6 Å². The molecule has 1 fully saturated rings. The van der Waals surface area contributed by atoms with Crippen LogP contribution in [0.5, 0.6) is 11.5 Å². The highest BCUT2D eigenvalue weighted by molar-refractivity contribution is 5.96. The fourth-order valence-corrected chi connectivity index (χ4v) is 2.29. The first-order valence-corrected chi connectivity index (χ1v) is 6.59. The molecule has 2 rings (SSSR count). The van der Waals surface area contributed by atoms with Crippen molar-refractivity contribution in [3.05, 3.63) is 23.8 Å². The molecule has 1 unspecified atom stereocenters. The van der Waals surface area contributed by atoms with Gasteiger partial charge in [-0.1, -0.05) is 0 Å². The Morgan fingerprint density at radius 3 is 3.05 bits per heavy atom. The minimum absolute atomic E-state index is 0.0594. The van der Waals surface area contributed by atoms with Gasteiger partial charge in [-0.3, -0.25) is 4.79 Å². The molecule has 1 amide bonds. The second-order valence-corrected chi connectivity index (χ2v) is 4.72. The number of aromatic hydroxyl groups is 1. The molecular formula is C14H20N2O3. The second-order valence-electron chi connectivity index (χ2n) is 4.72. The van der Waals surface area contributed by atoms with Crippen LogP contribution in [-0.4, -0.2) is 37.3 Å². The lowest BCUT2D eigenvalue weighted by atomic mass is 10.1. The summed E-state index contributed by atoms with van der Waals surface area (Å²) in [6, 6.07) is 5.17. The number of phenolic OH excluding ortho intramolecular Hbond substituents is 1. The van der Waals surface area contributed by atoms with Crippen LogP contribution >= 0.6 is 0 Å². The van der Waals surface area contributed by atoms with Gasteiger partial charge in [0.2, 0.25) is 0 Å². The predicted molar refractivity (Wildman–Crippen MR) is 72.6 cm³/mol. The zero-order valence-corrected chi connectivity index (χ0v) is 11.1. The molecule has 1 aliphatic heterocycles. The molecule has 1 aromatic rings. The molecule has 1 heterocycles. The van der Waals surface area contributed by atoms with E-state index in [-0.39, 0.29) is 17.2 Å². The predicted octanol–water partition coefficient (Wildman–Crippen LogP) is 1.27. The fourth-order valence-electron chi connectivity index (χ4n) is 2.29. The Morgan fingerprint density at radius 2 is 2.42 bits per heavy atom. The summed E-state index contributed by atoms with van der Waals surface area (Å²) in [6.45, 7) is 1.68. The van der Waals surface area contributed by atoms with Gasteiger partial charge in [-0.15, -0.1) is 0 Å². The Hall–Kier alpha value is -1.75. The van der Waals surface area contributed by atoms with Crippen molar-refractivity contribution in [3.8, 4) is 11.5 Å². The van der Waals surface area contributed by atoms with Crippen LogP contribution in [0.15, 0.2) is 18.2 Å². The zero-order chi connectivity index (χ0) is 13.7. The van der Waals surface area contributed by atoms with Crippen LogP contribution in [0.4, 0.5) is 0 Å². The molecular weight excluding hydrogens is 244 g/mol. The molecule has 1 atom stereocenters. The summed E-state index contributed by atoms with van der Waals surface area (Å²) < 4.78 is 4.98. The topological polar surface area (TPSA) is 70.6 Å². The third-order valence-corrected chi connectivity index (χ3v) is 3.39. The Bertz CT molecular complexity index is 442. The molecule has 0 aliphatic carbocycles. The van der Waals surface area contributed by atoms with Gasteiger partial charge in [0, 0.05) is 18.7 Å². The highest BCUT2D eigenvalue weighted by atomic mass is 16.5. The van der Waals surface area contributed by atoms with Crippen LogP contribution < -0.4 is 15.4 Å². The molecule has 0 aromatic heterocycles. The van der Waals surface area contributed by atoms with E-state index < -0.39 is 0 Å². The number of hydrogen-bond donors (Lipinski definition) is 3. The molecule has 3 N–H and O–H groups in total. The maximum atomic E-state index is 11.9. The number of carbonyl (C=O) groups excluding carboxylic acids is 1. The molecule has 5 heteroatoms. The highest BCUT2D eigenvalue weighted by Crippen LogP contribution is 2.23. The molecule has 5 nitrogen and oxygen atoms in total. The van der Waals surface area contributed by atoms with Crippen LogP contribution in [0.25, 0.3) is 0 Å². The van der Waals surface area contributed by atoms with Crippen molar-refractivity contribution >= 4 is 5.91 Å². The Balaban J connectivity index is 1.85. The zero-order valence-electron chi connectivity index (χ0n) is 11.1. The summed E-state index contributed by atoms with van der Waals surface area (Å²) in [6.07, 6.45) is 3.30. The van der Waals surface area contributed by atoms with Gasteiger partial charge in [-0.05, 0) is 37.9 Å². The first-order chi connectivity index (χ1) is 9.20. The lowest BCUT2D eigenvalue weighted by Gasteiger charge is -2.11. The van der Waals surface area contributed by atoms with E-state index in [0.717, 1.165) is 13.0 Å². The Morgan fingerprint density at radius 1 is 1.58 bits per heavy atom. The van der Waals surface area contributed by atoms with Crippen LogP contribution in [0.3, 0.4) is 0 Å². The summed E-state index contributed by atoms with van der Waals surface area (Å²) in [7, 11) is 1.52. The molecule has 1 saturated heterocycles. The standard InChI is InChI=1S/C14H20N2O3/c1-19-11-4-5-12(13(17)9-11)14(18)16-8-6-10-3-2-7-15-10/h4-5,9-10,15,17H,2-3,6-8H2,1H3,(H,16,18). The van der Waals surface area contributed by atoms with Crippen molar-refractivity contribution in [3.63, 3.8) is 0 Å². The van der Waals surface area contributed by atoms with Gasteiger partial charge in [0.25, 0.3) is 5.91 Å². The molecule has 104 valence electrons. The maximum absolute atomic E-state index is 11.9. The lowest BCUT2D eigenvalue weighted by molar-refractivity contribution is 0.0949. The van der Waals surface area contributed by atoms with E-state index in [4.69, 9.17) is 4.74 Å². The number of amides is 1. The molecule has 0 saturated carbocycles.